The number of fused-ring (bicyclic) bond motifs is 1. The second-order valence-corrected chi connectivity index (χ2v) is 8.40. The van der Waals surface area contributed by atoms with Crippen LogP contribution in [0.5, 0.6) is 5.88 Å². The van der Waals surface area contributed by atoms with Crippen LogP contribution in [0.15, 0.2) is 67.1 Å². The number of ether oxygens (including phenoxy) is 1. The zero-order valence-corrected chi connectivity index (χ0v) is 19.7. The first-order valence-corrected chi connectivity index (χ1v) is 11.1. The molecule has 0 unspecified atom stereocenters. The number of carbonyl (C=O) groups excluding carboxylic acids is 1. The van der Waals surface area contributed by atoms with Crippen molar-refractivity contribution in [2.75, 3.05) is 7.11 Å². The van der Waals surface area contributed by atoms with E-state index in [-0.39, 0.29) is 5.78 Å². The van der Waals surface area contributed by atoms with Gasteiger partial charge in [0.25, 0.3) is 0 Å². The number of rotatable bonds is 6. The Labute approximate surface area is 201 Å². The van der Waals surface area contributed by atoms with Crippen LogP contribution in [0.4, 0.5) is 0 Å². The molecule has 5 rings (SSSR count). The van der Waals surface area contributed by atoms with Crippen molar-refractivity contribution in [2.24, 2.45) is 7.05 Å². The maximum absolute atomic E-state index is 13.1. The first kappa shape index (κ1) is 21.9. The summed E-state index contributed by atoms with van der Waals surface area (Å²) in [7, 11) is 3.41. The lowest BCUT2D eigenvalue weighted by Crippen LogP contribution is -2.08. The van der Waals surface area contributed by atoms with Crippen molar-refractivity contribution in [1.82, 2.24) is 24.3 Å². The van der Waals surface area contributed by atoms with Crippen LogP contribution in [0, 0.1) is 6.92 Å². The molecule has 3 aromatic heterocycles. The van der Waals surface area contributed by atoms with Gasteiger partial charge in [0.1, 0.15) is 11.5 Å². The fraction of sp³-hybridized carbons (Fsp3) is 0.154. The zero-order valence-electron chi connectivity index (χ0n) is 19.0. The van der Waals surface area contributed by atoms with E-state index in [0.717, 1.165) is 22.6 Å². The van der Waals surface area contributed by atoms with Gasteiger partial charge < -0.3 is 9.30 Å². The number of hydrogen-bond donors (Lipinski definition) is 0. The molecule has 2 aromatic carbocycles. The van der Waals surface area contributed by atoms with Gasteiger partial charge in [0, 0.05) is 42.4 Å². The molecule has 0 saturated carbocycles. The van der Waals surface area contributed by atoms with Gasteiger partial charge in [0.15, 0.2) is 0 Å². The van der Waals surface area contributed by atoms with Crippen LogP contribution in [0.3, 0.4) is 0 Å². The monoisotopic (exact) mass is 471 g/mol. The minimum absolute atomic E-state index is 0.118. The lowest BCUT2D eigenvalue weighted by molar-refractivity contribution is 0.103. The number of pyridine rings is 1. The molecule has 34 heavy (non-hydrogen) atoms. The average Bonchev–Trinajstić information content (AvgIpc) is 3.51. The van der Waals surface area contributed by atoms with Gasteiger partial charge in [-0.1, -0.05) is 23.7 Å². The first-order valence-electron chi connectivity index (χ1n) is 10.7. The molecule has 7 nitrogen and oxygen atoms in total. The maximum atomic E-state index is 13.1. The fourth-order valence-electron chi connectivity index (χ4n) is 3.96. The van der Waals surface area contributed by atoms with Crippen molar-refractivity contribution in [1.29, 1.82) is 0 Å². The van der Waals surface area contributed by atoms with Crippen LogP contribution >= 0.6 is 11.6 Å². The number of nitrogens with zero attached hydrogens (tertiary/aromatic N) is 5. The number of carbonyl (C=O) groups is 1. The first-order chi connectivity index (χ1) is 16.5. The molecule has 0 spiro atoms. The van der Waals surface area contributed by atoms with Crippen LogP contribution in [0.2, 0.25) is 5.02 Å². The zero-order chi connectivity index (χ0) is 23.8. The average molecular weight is 472 g/mol. The number of aryl methyl sites for hydroxylation is 1. The number of aromatic nitrogens is 5. The Bertz CT molecular complexity index is 1510. The molecule has 170 valence electrons. The van der Waals surface area contributed by atoms with E-state index in [2.05, 4.69) is 15.1 Å². The third kappa shape index (κ3) is 3.84. The minimum atomic E-state index is -0.118. The van der Waals surface area contributed by atoms with Gasteiger partial charge in [-0.2, -0.15) is 5.10 Å². The lowest BCUT2D eigenvalue weighted by Gasteiger charge is -2.14. The van der Waals surface area contributed by atoms with Crippen molar-refractivity contribution >= 4 is 28.3 Å². The molecule has 0 aliphatic carbocycles. The minimum Gasteiger partial charge on any atom is -0.481 e. The molecule has 0 fully saturated rings. The van der Waals surface area contributed by atoms with E-state index >= 15 is 0 Å². The van der Waals surface area contributed by atoms with Gasteiger partial charge in [-0.3, -0.25) is 4.79 Å². The summed E-state index contributed by atoms with van der Waals surface area (Å²) in [4.78, 5) is 22.0. The third-order valence-electron chi connectivity index (χ3n) is 5.97. The number of hydrogen-bond acceptors (Lipinski definition) is 5. The van der Waals surface area contributed by atoms with E-state index in [0.29, 0.717) is 39.5 Å². The standard InChI is InChI=1S/C26H22ClN5O2/c1-16-28-15-23(31(16)2)25(33)18-7-10-22-20(14-18)24(27)21(26(30-22)34-3)13-17-5-8-19(9-6-17)32-12-4-11-29-32/h4-12,14-15H,13H2,1-3H3. The fourth-order valence-corrected chi connectivity index (χ4v) is 4.26. The van der Waals surface area contributed by atoms with E-state index in [9.17, 15) is 4.79 Å². The van der Waals surface area contributed by atoms with Crippen LogP contribution in [0.1, 0.15) is 33.0 Å². The van der Waals surface area contributed by atoms with Gasteiger partial charge in [-0.15, -0.1) is 0 Å². The molecule has 0 aliphatic rings. The van der Waals surface area contributed by atoms with E-state index in [1.807, 2.05) is 50.5 Å². The summed E-state index contributed by atoms with van der Waals surface area (Å²) >= 11 is 6.88. The van der Waals surface area contributed by atoms with E-state index in [1.165, 1.54) is 0 Å². The number of ketones is 1. The highest BCUT2D eigenvalue weighted by Gasteiger charge is 2.19. The lowest BCUT2D eigenvalue weighted by atomic mass is 10.0. The molecule has 0 amide bonds. The van der Waals surface area contributed by atoms with Gasteiger partial charge in [-0.05, 0) is 48.9 Å². The second-order valence-electron chi connectivity index (χ2n) is 8.02. The quantitative estimate of drug-likeness (QED) is 0.328. The van der Waals surface area contributed by atoms with Crippen molar-refractivity contribution in [3.8, 4) is 11.6 Å². The number of methoxy groups -OCH3 is 1. The Balaban J connectivity index is 1.53. The molecular weight excluding hydrogens is 450 g/mol. The molecule has 0 radical (unpaired) electrons. The molecule has 3 heterocycles. The van der Waals surface area contributed by atoms with Crippen LogP contribution in [-0.2, 0) is 13.5 Å². The molecule has 8 heteroatoms. The third-order valence-corrected chi connectivity index (χ3v) is 6.40. The Morgan fingerprint density at radius 2 is 1.94 bits per heavy atom. The summed E-state index contributed by atoms with van der Waals surface area (Å²) in [5.74, 6) is 1.12. The summed E-state index contributed by atoms with van der Waals surface area (Å²) in [5, 5.41) is 5.49. The van der Waals surface area contributed by atoms with Gasteiger partial charge in [0.05, 0.1) is 29.5 Å². The van der Waals surface area contributed by atoms with Gasteiger partial charge in [0.2, 0.25) is 11.7 Å². The Hall–Kier alpha value is -3.97. The second kappa shape index (κ2) is 8.76. The van der Waals surface area contributed by atoms with E-state index in [1.54, 1.807) is 47.0 Å². The summed E-state index contributed by atoms with van der Waals surface area (Å²) in [5.41, 5.74) is 4.50. The summed E-state index contributed by atoms with van der Waals surface area (Å²) in [6.45, 7) is 1.86. The van der Waals surface area contributed by atoms with Crippen molar-refractivity contribution in [3.63, 3.8) is 0 Å². The summed E-state index contributed by atoms with van der Waals surface area (Å²) in [6, 6.07) is 15.3. The molecular formula is C26H22ClN5O2. The highest BCUT2D eigenvalue weighted by Crippen LogP contribution is 2.35. The van der Waals surface area contributed by atoms with E-state index in [4.69, 9.17) is 16.3 Å². The van der Waals surface area contributed by atoms with Crippen LogP contribution < -0.4 is 4.74 Å². The molecule has 5 aromatic rings. The highest BCUT2D eigenvalue weighted by atomic mass is 35.5. The smallest absolute Gasteiger partial charge is 0.218 e. The largest absolute Gasteiger partial charge is 0.481 e. The number of imidazole rings is 1. The number of halogens is 1. The highest BCUT2D eigenvalue weighted by molar-refractivity contribution is 6.36. The van der Waals surface area contributed by atoms with Crippen LogP contribution in [0.25, 0.3) is 16.6 Å². The Kier molecular flexibility index (Phi) is 5.63. The Morgan fingerprint density at radius 3 is 2.59 bits per heavy atom. The molecule has 0 N–H and O–H groups in total. The maximum Gasteiger partial charge on any atom is 0.218 e. The Morgan fingerprint density at radius 1 is 1.15 bits per heavy atom. The normalized spacial score (nSPS) is 11.2. The predicted molar refractivity (Wildman–Crippen MR) is 131 cm³/mol. The SMILES string of the molecule is COc1nc2ccc(C(=O)c3cnc(C)n3C)cc2c(Cl)c1Cc1ccc(-n2cccn2)cc1. The topological polar surface area (TPSA) is 74.8 Å². The molecule has 0 saturated heterocycles. The number of benzene rings is 2. The molecule has 0 atom stereocenters. The molecule has 0 bridgehead atoms. The predicted octanol–water partition coefficient (Wildman–Crippen LogP) is 4.95. The van der Waals surface area contributed by atoms with Gasteiger partial charge >= 0.3 is 0 Å². The summed E-state index contributed by atoms with van der Waals surface area (Å²) < 4.78 is 9.15. The van der Waals surface area contributed by atoms with Crippen LogP contribution in [-0.4, -0.2) is 37.2 Å². The van der Waals surface area contributed by atoms with E-state index < -0.39 is 0 Å². The van der Waals surface area contributed by atoms with Gasteiger partial charge in [-0.25, -0.2) is 14.6 Å². The summed E-state index contributed by atoms with van der Waals surface area (Å²) in [6.07, 6.45) is 5.76. The van der Waals surface area contributed by atoms with Crippen molar-refractivity contribution in [2.45, 2.75) is 13.3 Å². The van der Waals surface area contributed by atoms with Crippen molar-refractivity contribution in [3.05, 3.63) is 100 Å². The molecule has 0 aliphatic heterocycles. The van der Waals surface area contributed by atoms with Crippen molar-refractivity contribution < 1.29 is 9.53 Å².